The van der Waals surface area contributed by atoms with Gasteiger partial charge in [-0.25, -0.2) is 9.48 Å². The fraction of sp³-hybridized carbons (Fsp3) is 0.368. The molecule has 1 aromatic carbocycles. The number of nitrogens with zero attached hydrogens (tertiary/aromatic N) is 2. The molecule has 138 valence electrons. The lowest BCUT2D eigenvalue weighted by molar-refractivity contribution is -0.145. The molecule has 1 amide bonds. The second-order valence-electron chi connectivity index (χ2n) is 6.35. The second-order valence-corrected chi connectivity index (χ2v) is 6.35. The van der Waals surface area contributed by atoms with E-state index in [1.54, 1.807) is 6.07 Å². The summed E-state index contributed by atoms with van der Waals surface area (Å²) in [5, 5.41) is 6.86. The number of methoxy groups -OCH3 is 1. The number of carbonyl (C=O) groups is 2. The number of benzene rings is 1. The van der Waals surface area contributed by atoms with Gasteiger partial charge in [-0.05, 0) is 18.4 Å². The molecule has 7 heteroatoms. The highest BCUT2D eigenvalue weighted by Gasteiger charge is 2.23. The Morgan fingerprint density at radius 1 is 1.15 bits per heavy atom. The highest BCUT2D eigenvalue weighted by atomic mass is 16.5. The van der Waals surface area contributed by atoms with Gasteiger partial charge in [-0.2, -0.15) is 5.10 Å². The topological polar surface area (TPSA) is 90.3 Å². The smallest absolute Gasteiger partial charge is 0.328 e. The zero-order chi connectivity index (χ0) is 19.1. The molecular weight excluding hydrogens is 334 g/mol. The number of rotatable bonds is 7. The molecule has 0 aliphatic rings. The number of aromatic nitrogens is 2. The van der Waals surface area contributed by atoms with Crippen LogP contribution in [-0.2, 0) is 20.9 Å². The minimum atomic E-state index is -0.750. The van der Waals surface area contributed by atoms with Crippen molar-refractivity contribution in [2.24, 2.45) is 5.92 Å². The number of amides is 1. The third-order valence-corrected chi connectivity index (χ3v) is 3.76. The Hall–Kier alpha value is -2.96. The molecule has 0 aliphatic heterocycles. The first-order valence-corrected chi connectivity index (χ1v) is 8.41. The lowest BCUT2D eigenvalue weighted by Gasteiger charge is -2.18. The molecule has 0 spiro atoms. The maximum absolute atomic E-state index is 12.3. The van der Waals surface area contributed by atoms with Gasteiger partial charge in [-0.15, -0.1) is 0 Å². The number of nitrogens with one attached hydrogen (secondary N) is 1. The molecule has 0 bridgehead atoms. The molecule has 26 heavy (non-hydrogen) atoms. The first-order chi connectivity index (χ1) is 12.4. The maximum atomic E-state index is 12.3. The average molecular weight is 357 g/mol. The number of ether oxygens (including phenoxy) is 1. The lowest BCUT2D eigenvalue weighted by atomic mass is 10.0. The summed E-state index contributed by atoms with van der Waals surface area (Å²) in [5.74, 6) is -0.784. The van der Waals surface area contributed by atoms with Crippen LogP contribution in [0.1, 0.15) is 20.3 Å². The van der Waals surface area contributed by atoms with Crippen LogP contribution in [-0.4, -0.2) is 34.8 Å². The second kappa shape index (κ2) is 8.94. The molecule has 0 saturated carbocycles. The molecule has 1 heterocycles. The van der Waals surface area contributed by atoms with E-state index in [2.05, 4.69) is 10.4 Å². The summed E-state index contributed by atoms with van der Waals surface area (Å²) in [6.45, 7) is 3.61. The summed E-state index contributed by atoms with van der Waals surface area (Å²) in [7, 11) is 1.28. The van der Waals surface area contributed by atoms with Gasteiger partial charge in [0.2, 0.25) is 5.91 Å². The van der Waals surface area contributed by atoms with Crippen molar-refractivity contribution in [3.63, 3.8) is 0 Å². The number of hydrogen-bond donors (Lipinski definition) is 1. The summed E-state index contributed by atoms with van der Waals surface area (Å²) < 4.78 is 5.81. The molecule has 0 saturated heterocycles. The van der Waals surface area contributed by atoms with E-state index in [0.29, 0.717) is 12.1 Å². The first kappa shape index (κ1) is 19.4. The van der Waals surface area contributed by atoms with E-state index < -0.39 is 23.5 Å². The van der Waals surface area contributed by atoms with E-state index in [4.69, 9.17) is 4.74 Å². The monoisotopic (exact) mass is 357 g/mol. The molecule has 0 fully saturated rings. The van der Waals surface area contributed by atoms with Crippen LogP contribution < -0.4 is 10.9 Å². The van der Waals surface area contributed by atoms with Gasteiger partial charge in [-0.3, -0.25) is 9.59 Å². The van der Waals surface area contributed by atoms with Crippen molar-refractivity contribution in [2.75, 3.05) is 7.11 Å². The molecule has 2 rings (SSSR count). The van der Waals surface area contributed by atoms with Crippen LogP contribution in [0.25, 0.3) is 11.3 Å². The Balaban J connectivity index is 2.15. The minimum absolute atomic E-state index is 0.196. The highest BCUT2D eigenvalue weighted by molar-refractivity contribution is 5.84. The SMILES string of the molecule is COC(=O)C(CC(C)C)NC(=O)Cn1nc(-c2ccccc2)ccc1=O. The van der Waals surface area contributed by atoms with Gasteiger partial charge < -0.3 is 10.1 Å². The van der Waals surface area contributed by atoms with Crippen LogP contribution in [0.5, 0.6) is 0 Å². The third-order valence-electron chi connectivity index (χ3n) is 3.76. The first-order valence-electron chi connectivity index (χ1n) is 8.41. The lowest BCUT2D eigenvalue weighted by Crippen LogP contribution is -2.44. The van der Waals surface area contributed by atoms with Gasteiger partial charge in [0.25, 0.3) is 5.56 Å². The summed E-state index contributed by atoms with van der Waals surface area (Å²) in [4.78, 5) is 36.1. The Morgan fingerprint density at radius 3 is 2.46 bits per heavy atom. The quantitative estimate of drug-likeness (QED) is 0.761. The minimum Gasteiger partial charge on any atom is -0.467 e. The van der Waals surface area contributed by atoms with Crippen LogP contribution in [0.15, 0.2) is 47.3 Å². The standard InChI is InChI=1S/C19H23N3O4/c1-13(2)11-16(19(25)26-3)20-17(23)12-22-18(24)10-9-15(21-22)14-7-5-4-6-8-14/h4-10,13,16H,11-12H2,1-3H3,(H,20,23). The number of hydrogen-bond acceptors (Lipinski definition) is 5. The Morgan fingerprint density at radius 2 is 1.85 bits per heavy atom. The maximum Gasteiger partial charge on any atom is 0.328 e. The molecule has 2 aromatic rings. The molecule has 7 nitrogen and oxygen atoms in total. The molecule has 0 radical (unpaired) electrons. The van der Waals surface area contributed by atoms with Crippen LogP contribution in [0.2, 0.25) is 0 Å². The predicted molar refractivity (Wildman–Crippen MR) is 97.3 cm³/mol. The molecular formula is C19H23N3O4. The third kappa shape index (κ3) is 5.27. The van der Waals surface area contributed by atoms with Gasteiger partial charge in [-0.1, -0.05) is 44.2 Å². The van der Waals surface area contributed by atoms with Gasteiger partial charge in [0.15, 0.2) is 0 Å². The molecule has 1 unspecified atom stereocenters. The molecule has 1 atom stereocenters. The number of esters is 1. The summed E-state index contributed by atoms with van der Waals surface area (Å²) in [5.41, 5.74) is 1.04. The predicted octanol–water partition coefficient (Wildman–Crippen LogP) is 1.61. The normalized spacial score (nSPS) is 11.8. The van der Waals surface area contributed by atoms with Crippen molar-refractivity contribution in [3.05, 3.63) is 52.8 Å². The molecule has 0 aliphatic carbocycles. The van der Waals surface area contributed by atoms with Gasteiger partial charge >= 0.3 is 5.97 Å². The fourth-order valence-corrected chi connectivity index (χ4v) is 2.53. The van der Waals surface area contributed by atoms with Crippen molar-refractivity contribution in [3.8, 4) is 11.3 Å². The van der Waals surface area contributed by atoms with Crippen LogP contribution >= 0.6 is 0 Å². The van der Waals surface area contributed by atoms with Gasteiger partial charge in [0.05, 0.1) is 12.8 Å². The van der Waals surface area contributed by atoms with Crippen LogP contribution in [0, 0.1) is 5.92 Å². The average Bonchev–Trinajstić information content (AvgIpc) is 2.62. The van der Waals surface area contributed by atoms with Crippen molar-refractivity contribution in [2.45, 2.75) is 32.9 Å². The zero-order valence-electron chi connectivity index (χ0n) is 15.1. The van der Waals surface area contributed by atoms with Crippen molar-refractivity contribution < 1.29 is 14.3 Å². The Kier molecular flexibility index (Phi) is 6.66. The van der Waals surface area contributed by atoms with Crippen molar-refractivity contribution >= 4 is 11.9 Å². The van der Waals surface area contributed by atoms with Gasteiger partial charge in [0.1, 0.15) is 12.6 Å². The van der Waals surface area contributed by atoms with E-state index in [9.17, 15) is 14.4 Å². The molecule has 1 N–H and O–H groups in total. The van der Waals surface area contributed by atoms with Crippen molar-refractivity contribution in [1.82, 2.24) is 15.1 Å². The van der Waals surface area contributed by atoms with E-state index in [1.807, 2.05) is 44.2 Å². The van der Waals surface area contributed by atoms with E-state index in [0.717, 1.165) is 10.2 Å². The van der Waals surface area contributed by atoms with Crippen LogP contribution in [0.3, 0.4) is 0 Å². The van der Waals surface area contributed by atoms with Crippen molar-refractivity contribution in [1.29, 1.82) is 0 Å². The molecule has 1 aromatic heterocycles. The zero-order valence-corrected chi connectivity index (χ0v) is 15.1. The fourth-order valence-electron chi connectivity index (χ4n) is 2.53. The van der Waals surface area contributed by atoms with E-state index in [-0.39, 0.29) is 12.5 Å². The Bertz CT molecular complexity index is 815. The van der Waals surface area contributed by atoms with E-state index >= 15 is 0 Å². The summed E-state index contributed by atoms with van der Waals surface area (Å²) in [6.07, 6.45) is 0.449. The highest BCUT2D eigenvalue weighted by Crippen LogP contribution is 2.14. The van der Waals surface area contributed by atoms with E-state index in [1.165, 1.54) is 13.2 Å². The number of carbonyl (C=O) groups excluding carboxylic acids is 2. The summed E-state index contributed by atoms with van der Waals surface area (Å²) in [6, 6.07) is 11.6. The summed E-state index contributed by atoms with van der Waals surface area (Å²) >= 11 is 0. The largest absolute Gasteiger partial charge is 0.467 e. The van der Waals surface area contributed by atoms with Crippen LogP contribution in [0.4, 0.5) is 0 Å². The Labute approximate surface area is 152 Å². The van der Waals surface area contributed by atoms with Gasteiger partial charge in [0, 0.05) is 11.6 Å².